The summed E-state index contributed by atoms with van der Waals surface area (Å²) in [7, 11) is 0. The number of amides is 2. The lowest BCUT2D eigenvalue weighted by atomic mass is 10.1. The molecule has 0 unspecified atom stereocenters. The van der Waals surface area contributed by atoms with E-state index in [1.807, 2.05) is 13.0 Å². The summed E-state index contributed by atoms with van der Waals surface area (Å²) in [5.41, 5.74) is 6.21. The van der Waals surface area contributed by atoms with Crippen molar-refractivity contribution in [3.8, 4) is 5.75 Å². The van der Waals surface area contributed by atoms with Crippen molar-refractivity contribution in [3.63, 3.8) is 0 Å². The van der Waals surface area contributed by atoms with Gasteiger partial charge in [-0.2, -0.15) is 0 Å². The summed E-state index contributed by atoms with van der Waals surface area (Å²) in [4.78, 5) is 23.8. The van der Waals surface area contributed by atoms with Crippen LogP contribution in [0.4, 0.5) is 0 Å². The lowest BCUT2D eigenvalue weighted by Gasteiger charge is -2.11. The molecule has 0 saturated heterocycles. The maximum Gasteiger partial charge on any atom is 0.273 e. The molecule has 0 aromatic heterocycles. The van der Waals surface area contributed by atoms with Gasteiger partial charge in [-0.1, -0.05) is 29.8 Å². The fourth-order valence-corrected chi connectivity index (χ4v) is 1.98. The van der Waals surface area contributed by atoms with Crippen LogP contribution in [0.2, 0.25) is 0 Å². The first-order valence-electron chi connectivity index (χ1n) is 6.73. The number of carbonyl (C=O) groups excluding carboxylic acids is 2. The average molecular weight is 329 g/mol. The van der Waals surface area contributed by atoms with Crippen LogP contribution in [-0.2, 0) is 0 Å². The first-order valence-corrected chi connectivity index (χ1v) is 7.14. The van der Waals surface area contributed by atoms with Crippen molar-refractivity contribution in [2.45, 2.75) is 6.92 Å². The third-order valence-corrected chi connectivity index (χ3v) is 3.15. The number of phenols is 1. The zero-order valence-electron chi connectivity index (χ0n) is 12.3. The molecule has 7 heteroatoms. The summed E-state index contributed by atoms with van der Waals surface area (Å²) < 4.78 is 0. The summed E-state index contributed by atoms with van der Waals surface area (Å²) in [5.74, 6) is -1.11. The van der Waals surface area contributed by atoms with Crippen LogP contribution in [0.15, 0.2) is 48.5 Å². The molecule has 2 rings (SSSR count). The van der Waals surface area contributed by atoms with Crippen LogP contribution >= 0.6 is 12.2 Å². The first-order chi connectivity index (χ1) is 11.0. The van der Waals surface area contributed by atoms with E-state index in [4.69, 9.17) is 12.2 Å². The predicted octanol–water partition coefficient (Wildman–Crippen LogP) is 1.65. The van der Waals surface area contributed by atoms with Crippen molar-refractivity contribution in [2.75, 3.05) is 0 Å². The van der Waals surface area contributed by atoms with E-state index in [-0.39, 0.29) is 22.3 Å². The van der Waals surface area contributed by atoms with Crippen molar-refractivity contribution >= 4 is 29.1 Å². The Hall–Kier alpha value is -2.93. The molecular weight excluding hydrogens is 314 g/mol. The van der Waals surface area contributed by atoms with Gasteiger partial charge in [0.15, 0.2) is 5.11 Å². The molecule has 0 radical (unpaired) electrons. The maximum absolute atomic E-state index is 12.0. The topological polar surface area (TPSA) is 90.5 Å². The molecule has 118 valence electrons. The number of aromatic hydroxyl groups is 1. The lowest BCUT2D eigenvalue weighted by Crippen LogP contribution is -2.48. The van der Waals surface area contributed by atoms with Gasteiger partial charge in [-0.25, -0.2) is 0 Å². The summed E-state index contributed by atoms with van der Waals surface area (Å²) in [6, 6.07) is 13.1. The molecule has 0 fully saturated rings. The van der Waals surface area contributed by atoms with E-state index < -0.39 is 5.91 Å². The van der Waals surface area contributed by atoms with Gasteiger partial charge in [0.1, 0.15) is 5.75 Å². The highest BCUT2D eigenvalue weighted by molar-refractivity contribution is 7.80. The second kappa shape index (κ2) is 7.37. The highest BCUT2D eigenvalue weighted by Crippen LogP contribution is 2.14. The number of aryl methyl sites for hydroxylation is 1. The van der Waals surface area contributed by atoms with E-state index in [1.54, 1.807) is 30.3 Å². The van der Waals surface area contributed by atoms with Crippen LogP contribution < -0.4 is 16.2 Å². The number of hydrogen-bond donors (Lipinski definition) is 4. The summed E-state index contributed by atoms with van der Waals surface area (Å²) in [6.07, 6.45) is 0. The fourth-order valence-electron chi connectivity index (χ4n) is 1.84. The van der Waals surface area contributed by atoms with Crippen LogP contribution in [0.1, 0.15) is 26.3 Å². The second-order valence-electron chi connectivity index (χ2n) is 4.75. The largest absolute Gasteiger partial charge is 0.507 e. The van der Waals surface area contributed by atoms with Gasteiger partial charge < -0.3 is 5.11 Å². The van der Waals surface area contributed by atoms with Crippen molar-refractivity contribution in [3.05, 3.63) is 65.2 Å². The number of para-hydroxylation sites is 1. The van der Waals surface area contributed by atoms with Crippen LogP contribution in [0.3, 0.4) is 0 Å². The number of rotatable bonds is 2. The van der Waals surface area contributed by atoms with Crippen LogP contribution in [0.25, 0.3) is 0 Å². The summed E-state index contributed by atoms with van der Waals surface area (Å²) in [6.45, 7) is 1.87. The Morgan fingerprint density at radius 1 is 1.00 bits per heavy atom. The predicted molar refractivity (Wildman–Crippen MR) is 90.0 cm³/mol. The highest BCUT2D eigenvalue weighted by atomic mass is 32.1. The standard InChI is InChI=1S/C16H15N3O3S/c1-10-5-4-6-11(9-10)14(21)17-16(23)19-18-15(22)12-7-2-3-8-13(12)20/h2-9,20H,1H3,(H,18,22)(H2,17,19,21,23). The highest BCUT2D eigenvalue weighted by Gasteiger charge is 2.11. The van der Waals surface area contributed by atoms with Crippen molar-refractivity contribution in [1.29, 1.82) is 0 Å². The molecule has 0 heterocycles. The van der Waals surface area contributed by atoms with Crippen molar-refractivity contribution in [1.82, 2.24) is 16.2 Å². The Bertz CT molecular complexity index is 762. The van der Waals surface area contributed by atoms with Gasteiger partial charge >= 0.3 is 0 Å². The smallest absolute Gasteiger partial charge is 0.273 e. The number of hydrogen-bond acceptors (Lipinski definition) is 4. The Morgan fingerprint density at radius 3 is 2.43 bits per heavy atom. The second-order valence-corrected chi connectivity index (χ2v) is 5.16. The number of benzene rings is 2. The molecule has 0 saturated carbocycles. The Kier molecular flexibility index (Phi) is 5.27. The third kappa shape index (κ3) is 4.52. The van der Waals surface area contributed by atoms with Gasteiger partial charge in [-0.15, -0.1) is 0 Å². The molecule has 0 aliphatic carbocycles. The normalized spacial score (nSPS) is 9.78. The molecule has 0 atom stereocenters. The number of phenolic OH excluding ortho intramolecular Hbond substituents is 1. The van der Waals surface area contributed by atoms with Crippen LogP contribution in [0, 0.1) is 6.92 Å². The summed E-state index contributed by atoms with van der Waals surface area (Å²) >= 11 is 4.94. The molecule has 0 spiro atoms. The van der Waals surface area contributed by atoms with Gasteiger partial charge in [-0.05, 0) is 43.4 Å². The monoisotopic (exact) mass is 329 g/mol. The number of nitrogens with one attached hydrogen (secondary N) is 3. The maximum atomic E-state index is 12.0. The van der Waals surface area contributed by atoms with E-state index in [9.17, 15) is 14.7 Å². The molecule has 2 aromatic carbocycles. The lowest BCUT2D eigenvalue weighted by molar-refractivity contribution is 0.0932. The minimum absolute atomic E-state index is 0.0553. The number of carbonyl (C=O) groups is 2. The van der Waals surface area contributed by atoms with Gasteiger partial charge in [0.2, 0.25) is 0 Å². The summed E-state index contributed by atoms with van der Waals surface area (Å²) in [5, 5.41) is 12.0. The Balaban J connectivity index is 1.89. The van der Waals surface area contributed by atoms with Crippen molar-refractivity contribution < 1.29 is 14.7 Å². The molecule has 0 bridgehead atoms. The van der Waals surface area contributed by atoms with E-state index in [1.165, 1.54) is 12.1 Å². The third-order valence-electron chi connectivity index (χ3n) is 2.95. The zero-order chi connectivity index (χ0) is 16.8. The Morgan fingerprint density at radius 2 is 1.74 bits per heavy atom. The van der Waals surface area contributed by atoms with Gasteiger partial charge in [0.05, 0.1) is 5.56 Å². The van der Waals surface area contributed by atoms with Gasteiger partial charge in [0.25, 0.3) is 11.8 Å². The molecule has 4 N–H and O–H groups in total. The molecule has 2 aromatic rings. The molecule has 2 amide bonds. The minimum atomic E-state index is -0.574. The fraction of sp³-hybridized carbons (Fsp3) is 0.0625. The van der Waals surface area contributed by atoms with Crippen LogP contribution in [-0.4, -0.2) is 22.0 Å². The van der Waals surface area contributed by atoms with E-state index in [2.05, 4.69) is 16.2 Å². The van der Waals surface area contributed by atoms with E-state index in [0.29, 0.717) is 5.56 Å². The molecule has 23 heavy (non-hydrogen) atoms. The SMILES string of the molecule is Cc1cccc(C(=O)NC(=S)NNC(=O)c2ccccc2O)c1. The Labute approximate surface area is 138 Å². The minimum Gasteiger partial charge on any atom is -0.507 e. The first kappa shape index (κ1) is 16.4. The van der Waals surface area contributed by atoms with Gasteiger partial charge in [0, 0.05) is 5.56 Å². The van der Waals surface area contributed by atoms with Crippen molar-refractivity contribution in [2.24, 2.45) is 0 Å². The van der Waals surface area contributed by atoms with Gasteiger partial charge in [-0.3, -0.25) is 25.8 Å². The molecule has 0 aliphatic rings. The molecule has 6 nitrogen and oxygen atoms in total. The average Bonchev–Trinajstić information content (AvgIpc) is 2.53. The number of hydrazine groups is 1. The molecule has 0 aliphatic heterocycles. The quantitative estimate of drug-likeness (QED) is 0.497. The van der Waals surface area contributed by atoms with Crippen LogP contribution in [0.5, 0.6) is 5.75 Å². The molecular formula is C16H15N3O3S. The van der Waals surface area contributed by atoms with E-state index in [0.717, 1.165) is 5.56 Å². The van der Waals surface area contributed by atoms with E-state index >= 15 is 0 Å². The number of thiocarbonyl (C=S) groups is 1. The zero-order valence-corrected chi connectivity index (χ0v) is 13.1.